The normalized spacial score (nSPS) is 11.6. The van der Waals surface area contributed by atoms with E-state index in [-0.39, 0.29) is 43.5 Å². The predicted molar refractivity (Wildman–Crippen MR) is 211 cm³/mol. The van der Waals surface area contributed by atoms with Crippen LogP contribution in [0.1, 0.15) is 58.9 Å². The molecule has 4 aromatic carbocycles. The number of aryl methyl sites for hydroxylation is 1. The fourth-order valence-electron chi connectivity index (χ4n) is 6.92. The number of hydrogen-bond acceptors (Lipinski definition) is 5. The van der Waals surface area contributed by atoms with E-state index in [1.165, 1.54) is 6.08 Å². The molecule has 3 heterocycles. The van der Waals surface area contributed by atoms with Crippen LogP contribution in [0, 0.1) is 24.8 Å². The van der Waals surface area contributed by atoms with Crippen LogP contribution in [0.4, 0.5) is 0 Å². The molecule has 0 atom stereocenters. The molecule has 267 valence electrons. The molecule has 0 saturated carbocycles. The van der Waals surface area contributed by atoms with Crippen LogP contribution < -0.4 is 0 Å². The average molecular weight is 866 g/mol. The van der Waals surface area contributed by atoms with Gasteiger partial charge in [-0.25, -0.2) is 0 Å². The van der Waals surface area contributed by atoms with Gasteiger partial charge in [0.05, 0.1) is 11.3 Å². The Balaban J connectivity index is 0.000000280. The summed E-state index contributed by atoms with van der Waals surface area (Å²) in [6.45, 7) is 10.2. The maximum absolute atomic E-state index is 11.7. The number of benzene rings is 4. The van der Waals surface area contributed by atoms with E-state index in [0.717, 1.165) is 97.5 Å². The third-order valence-corrected chi connectivity index (χ3v) is 9.97. The first-order valence-corrected chi connectivity index (χ1v) is 18.0. The standard InChI is InChI=1S/C33H21N2O.C13H24O2.Ir/c1-21-13-14-27-26-11-6-12-28(30-19-24(16-18-35-30)22-7-3-2-4-8-22)32(26)36-33(27)31(21)25-10-5-9-23-15-17-34-20-29(23)25;1-5-10(6-2)12(14)9-13(15)11(7-3)8-4;/h2-11,13-20H,1H3;9-11,14H,5-8H2,1-4H3;/q-1;;/b;12-9-;. The number of aliphatic hydroxyl groups excluding tert-OH is 1. The predicted octanol–water partition coefficient (Wildman–Crippen LogP) is 12.5. The van der Waals surface area contributed by atoms with E-state index in [1.54, 1.807) is 0 Å². The molecule has 7 rings (SSSR count). The maximum Gasteiger partial charge on any atom is 0.162 e. The number of fused-ring (bicyclic) bond motifs is 4. The Hall–Kier alpha value is -4.90. The molecule has 0 aliphatic rings. The average Bonchev–Trinajstić information content (AvgIpc) is 3.55. The smallest absolute Gasteiger partial charge is 0.162 e. The number of allylic oxidation sites excluding steroid dienone is 2. The summed E-state index contributed by atoms with van der Waals surface area (Å²) in [6.07, 6.45) is 10.5. The minimum Gasteiger partial charge on any atom is -0.512 e. The minimum absolute atomic E-state index is 0. The molecule has 7 aromatic rings. The van der Waals surface area contributed by atoms with Crippen LogP contribution in [0.15, 0.2) is 126 Å². The van der Waals surface area contributed by atoms with E-state index in [2.05, 4.69) is 72.6 Å². The third kappa shape index (κ3) is 7.94. The quantitative estimate of drug-likeness (QED) is 0.0842. The van der Waals surface area contributed by atoms with Crippen LogP contribution in [0.5, 0.6) is 0 Å². The molecule has 52 heavy (non-hydrogen) atoms. The van der Waals surface area contributed by atoms with Crippen molar-refractivity contribution >= 4 is 38.5 Å². The molecule has 0 bridgehead atoms. The van der Waals surface area contributed by atoms with Crippen molar-refractivity contribution in [2.45, 2.75) is 60.3 Å². The van der Waals surface area contributed by atoms with Gasteiger partial charge in [-0.1, -0.05) is 105 Å². The van der Waals surface area contributed by atoms with Crippen molar-refractivity contribution in [1.82, 2.24) is 9.97 Å². The van der Waals surface area contributed by atoms with Crippen LogP contribution in [0.2, 0.25) is 0 Å². The van der Waals surface area contributed by atoms with E-state index in [0.29, 0.717) is 0 Å². The Morgan fingerprint density at radius 2 is 1.52 bits per heavy atom. The first-order chi connectivity index (χ1) is 24.9. The van der Waals surface area contributed by atoms with Crippen LogP contribution >= 0.6 is 0 Å². The Morgan fingerprint density at radius 3 is 2.25 bits per heavy atom. The van der Waals surface area contributed by atoms with Gasteiger partial charge in [0.15, 0.2) is 5.78 Å². The van der Waals surface area contributed by atoms with Crippen LogP contribution in [0.25, 0.3) is 66.2 Å². The van der Waals surface area contributed by atoms with E-state index >= 15 is 0 Å². The van der Waals surface area contributed by atoms with E-state index in [1.807, 2.05) is 82.7 Å². The summed E-state index contributed by atoms with van der Waals surface area (Å²) in [5.74, 6) is 0.547. The topological polar surface area (TPSA) is 76.2 Å². The first kappa shape index (κ1) is 38.3. The summed E-state index contributed by atoms with van der Waals surface area (Å²) in [5.41, 5.74) is 9.03. The second kappa shape index (κ2) is 17.5. The minimum atomic E-state index is 0. The third-order valence-electron chi connectivity index (χ3n) is 9.97. The zero-order chi connectivity index (χ0) is 35.9. The Bertz CT molecular complexity index is 2310. The van der Waals surface area contributed by atoms with Crippen molar-refractivity contribution in [3.8, 4) is 33.5 Å². The number of rotatable bonds is 10. The van der Waals surface area contributed by atoms with Gasteiger partial charge < -0.3 is 14.5 Å². The van der Waals surface area contributed by atoms with Gasteiger partial charge in [-0.3, -0.25) is 9.78 Å². The fourth-order valence-corrected chi connectivity index (χ4v) is 6.92. The molecular formula is C46H45IrN2O3-. The van der Waals surface area contributed by atoms with E-state index < -0.39 is 0 Å². The number of aliphatic hydroxyl groups is 1. The molecule has 0 amide bonds. The van der Waals surface area contributed by atoms with Crippen molar-refractivity contribution in [2.75, 3.05) is 0 Å². The molecule has 0 aliphatic heterocycles. The number of aromatic nitrogens is 2. The Morgan fingerprint density at radius 1 is 0.788 bits per heavy atom. The molecule has 0 saturated heterocycles. The van der Waals surface area contributed by atoms with Crippen LogP contribution in [-0.4, -0.2) is 20.9 Å². The van der Waals surface area contributed by atoms with Gasteiger partial charge in [0.2, 0.25) is 0 Å². The summed E-state index contributed by atoms with van der Waals surface area (Å²) in [5, 5.41) is 14.2. The number of pyridine rings is 2. The SMILES string of the molecule is CCC(CC)C(=O)/C=C(\O)C(CC)CC.Cc1ccc2c(oc3c(-c4cc(-c5ccccc5)ccn4)[c-]ccc32)c1-c1cccc2ccncc12.[Ir]. The monoisotopic (exact) mass is 866 g/mol. The molecule has 1 N–H and O–H groups in total. The molecule has 0 aliphatic carbocycles. The van der Waals surface area contributed by atoms with Crippen molar-refractivity contribution in [2.24, 2.45) is 11.8 Å². The molecule has 0 unspecified atom stereocenters. The van der Waals surface area contributed by atoms with Gasteiger partial charge in [-0.2, -0.15) is 0 Å². The molecule has 0 fully saturated rings. The van der Waals surface area contributed by atoms with Crippen molar-refractivity contribution in [1.29, 1.82) is 0 Å². The summed E-state index contributed by atoms with van der Waals surface area (Å²) in [4.78, 5) is 20.8. The number of hydrogen-bond donors (Lipinski definition) is 1. The van der Waals surface area contributed by atoms with E-state index in [4.69, 9.17) is 9.40 Å². The van der Waals surface area contributed by atoms with Gasteiger partial charge in [-0.15, -0.1) is 18.2 Å². The second-order valence-electron chi connectivity index (χ2n) is 13.0. The second-order valence-corrected chi connectivity index (χ2v) is 13.0. The van der Waals surface area contributed by atoms with E-state index in [9.17, 15) is 9.90 Å². The fraction of sp³-hybridized carbons (Fsp3) is 0.239. The first-order valence-electron chi connectivity index (χ1n) is 18.0. The number of furan rings is 1. The van der Waals surface area contributed by atoms with Gasteiger partial charge in [0.25, 0.3) is 0 Å². The van der Waals surface area contributed by atoms with Crippen LogP contribution in [0.3, 0.4) is 0 Å². The number of ketones is 1. The molecule has 5 nitrogen and oxygen atoms in total. The Labute approximate surface area is 320 Å². The van der Waals surface area contributed by atoms with Crippen LogP contribution in [-0.2, 0) is 24.9 Å². The van der Waals surface area contributed by atoms with Crippen molar-refractivity contribution in [3.63, 3.8) is 0 Å². The number of carbonyl (C=O) groups is 1. The van der Waals surface area contributed by atoms with Gasteiger partial charge in [-0.05, 0) is 78.1 Å². The summed E-state index contributed by atoms with van der Waals surface area (Å²) < 4.78 is 6.71. The maximum atomic E-state index is 11.7. The summed E-state index contributed by atoms with van der Waals surface area (Å²) in [7, 11) is 0. The summed E-state index contributed by atoms with van der Waals surface area (Å²) >= 11 is 0. The van der Waals surface area contributed by atoms with Gasteiger partial charge in [0, 0.05) is 72.9 Å². The molecule has 6 heteroatoms. The summed E-state index contributed by atoms with van der Waals surface area (Å²) in [6, 6.07) is 34.7. The Kier molecular flexibility index (Phi) is 12.9. The molecule has 1 radical (unpaired) electrons. The zero-order valence-electron chi connectivity index (χ0n) is 30.4. The van der Waals surface area contributed by atoms with Crippen molar-refractivity contribution < 1.29 is 34.4 Å². The van der Waals surface area contributed by atoms with Gasteiger partial charge in [0.1, 0.15) is 5.58 Å². The largest absolute Gasteiger partial charge is 0.512 e. The molecule has 0 spiro atoms. The molecular weight excluding hydrogens is 821 g/mol. The van der Waals surface area contributed by atoms with Gasteiger partial charge >= 0.3 is 0 Å². The zero-order valence-corrected chi connectivity index (χ0v) is 32.8. The molecule has 3 aromatic heterocycles. The number of nitrogens with zero attached hydrogens (tertiary/aromatic N) is 2. The number of carbonyl (C=O) groups excluding carboxylic acids is 1. The van der Waals surface area contributed by atoms with Crippen molar-refractivity contribution in [3.05, 3.63) is 133 Å².